The van der Waals surface area contributed by atoms with E-state index in [-0.39, 0.29) is 5.91 Å². The lowest BCUT2D eigenvalue weighted by Gasteiger charge is -2.06. The number of thiazole rings is 1. The summed E-state index contributed by atoms with van der Waals surface area (Å²) in [6.07, 6.45) is 8.59. The van der Waals surface area contributed by atoms with Crippen LogP contribution in [0.2, 0.25) is 0 Å². The summed E-state index contributed by atoms with van der Waals surface area (Å²) in [6, 6.07) is 15.1. The van der Waals surface area contributed by atoms with E-state index in [9.17, 15) is 4.79 Å². The van der Waals surface area contributed by atoms with Gasteiger partial charge in [0.05, 0.1) is 38.0 Å². The summed E-state index contributed by atoms with van der Waals surface area (Å²) < 4.78 is 2.12. The molecule has 0 spiro atoms. The number of anilines is 4. The smallest absolute Gasteiger partial charge is 0.265 e. The average Bonchev–Trinajstić information content (AvgIpc) is 3.23. The van der Waals surface area contributed by atoms with Crippen LogP contribution >= 0.6 is 22.7 Å². The molecule has 8 nitrogen and oxygen atoms in total. The van der Waals surface area contributed by atoms with E-state index in [0.717, 1.165) is 45.4 Å². The van der Waals surface area contributed by atoms with Gasteiger partial charge in [0.1, 0.15) is 5.65 Å². The summed E-state index contributed by atoms with van der Waals surface area (Å²) in [5, 5.41) is 11.3. The van der Waals surface area contributed by atoms with Crippen LogP contribution in [0.25, 0.3) is 16.2 Å². The van der Waals surface area contributed by atoms with Gasteiger partial charge in [-0.05, 0) is 61.2 Å². The fraction of sp³-hybridized carbons (Fsp3) is 0.192. The second-order valence-corrected chi connectivity index (χ2v) is 11.0. The van der Waals surface area contributed by atoms with E-state index in [2.05, 4.69) is 48.6 Å². The number of rotatable bonds is 9. The van der Waals surface area contributed by atoms with Crippen LogP contribution < -0.4 is 21.7 Å². The van der Waals surface area contributed by atoms with Crippen LogP contribution in [0.4, 0.5) is 21.5 Å². The number of para-hydroxylation sites is 2. The Morgan fingerprint density at radius 2 is 1.94 bits per heavy atom. The number of pyridine rings is 1. The Labute approximate surface area is 216 Å². The maximum absolute atomic E-state index is 12.6. The van der Waals surface area contributed by atoms with Crippen LogP contribution in [0.1, 0.15) is 28.1 Å². The minimum atomic E-state index is -0.195. The summed E-state index contributed by atoms with van der Waals surface area (Å²) in [5.41, 5.74) is 10.2. The minimum Gasteiger partial charge on any atom is -0.397 e. The van der Waals surface area contributed by atoms with E-state index in [1.807, 2.05) is 30.6 Å². The Hall–Kier alpha value is -3.73. The van der Waals surface area contributed by atoms with Crippen molar-refractivity contribution in [3.63, 3.8) is 0 Å². The zero-order chi connectivity index (χ0) is 24.5. The number of nitrogens with zero attached hydrogens (tertiary/aromatic N) is 3. The molecule has 1 amide bonds. The number of aromatic nitrogens is 3. The summed E-state index contributed by atoms with van der Waals surface area (Å²) in [6.45, 7) is 1.94. The molecule has 0 unspecified atom stereocenters. The summed E-state index contributed by atoms with van der Waals surface area (Å²) in [5.74, 6) is 0.663. The number of imidazole rings is 1. The molecule has 0 aliphatic heterocycles. The number of fused-ring (bicyclic) bond motifs is 1. The first kappa shape index (κ1) is 22.7. The summed E-state index contributed by atoms with van der Waals surface area (Å²) in [4.78, 5) is 23.3. The first-order chi connectivity index (χ1) is 17.6. The number of nitrogens with two attached hydrogens (primary N) is 1. The fourth-order valence-corrected chi connectivity index (χ4v) is 5.63. The quantitative estimate of drug-likeness (QED) is 0.190. The number of hydrogen-bond donors (Lipinski definition) is 4. The molecular weight excluding hydrogens is 490 g/mol. The molecule has 6 rings (SSSR count). The molecule has 10 heteroatoms. The van der Waals surface area contributed by atoms with Crippen molar-refractivity contribution in [2.75, 3.05) is 22.9 Å². The largest absolute Gasteiger partial charge is 0.397 e. The zero-order valence-corrected chi connectivity index (χ0v) is 21.0. The van der Waals surface area contributed by atoms with Crippen molar-refractivity contribution >= 4 is 55.7 Å². The van der Waals surface area contributed by atoms with E-state index in [1.165, 1.54) is 29.7 Å². The van der Waals surface area contributed by atoms with Crippen LogP contribution in [0.15, 0.2) is 67.1 Å². The molecule has 36 heavy (non-hydrogen) atoms. The van der Waals surface area contributed by atoms with Crippen molar-refractivity contribution in [2.45, 2.75) is 19.4 Å². The topological polar surface area (TPSA) is 109 Å². The standard InChI is InChI=1S/C26H25N7OS2/c27-18-3-1-2-4-19(18)31-25(34)21-8-10-24(35-21)32-26-30-14-22(36-26)20-13-29-23-9-7-17(15-33(20)23)12-28-11-16-5-6-16/h1-4,7-10,13-16,28H,5-6,11-12,27H2,(H,30,32)(H,31,34). The molecule has 1 aliphatic carbocycles. The van der Waals surface area contributed by atoms with E-state index in [4.69, 9.17) is 5.73 Å². The van der Waals surface area contributed by atoms with Crippen molar-refractivity contribution in [1.82, 2.24) is 19.7 Å². The van der Waals surface area contributed by atoms with Crippen LogP contribution in [0.5, 0.6) is 0 Å². The van der Waals surface area contributed by atoms with Gasteiger partial charge in [0.25, 0.3) is 5.91 Å². The van der Waals surface area contributed by atoms with Gasteiger partial charge < -0.3 is 21.7 Å². The molecule has 1 fully saturated rings. The predicted molar refractivity (Wildman–Crippen MR) is 147 cm³/mol. The van der Waals surface area contributed by atoms with Crippen molar-refractivity contribution in [3.05, 3.63) is 77.6 Å². The molecule has 4 aromatic heterocycles. The lowest BCUT2D eigenvalue weighted by atomic mass is 10.2. The van der Waals surface area contributed by atoms with Gasteiger partial charge in [-0.25, -0.2) is 9.97 Å². The number of thiophene rings is 1. The Morgan fingerprint density at radius 1 is 1.06 bits per heavy atom. The highest BCUT2D eigenvalue weighted by atomic mass is 32.1. The monoisotopic (exact) mass is 515 g/mol. The number of amides is 1. The zero-order valence-electron chi connectivity index (χ0n) is 19.4. The lowest BCUT2D eigenvalue weighted by Crippen LogP contribution is -2.16. The third-order valence-electron chi connectivity index (χ3n) is 6.05. The number of nitrogens with one attached hydrogen (secondary N) is 3. The van der Waals surface area contributed by atoms with Crippen LogP contribution in [-0.4, -0.2) is 26.8 Å². The highest BCUT2D eigenvalue weighted by molar-refractivity contribution is 7.20. The highest BCUT2D eigenvalue weighted by Gasteiger charge is 2.20. The number of carbonyl (C=O) groups is 1. The van der Waals surface area contributed by atoms with Crippen molar-refractivity contribution in [2.24, 2.45) is 5.92 Å². The minimum absolute atomic E-state index is 0.195. The van der Waals surface area contributed by atoms with Gasteiger partial charge in [-0.2, -0.15) is 0 Å². The molecule has 0 saturated heterocycles. The van der Waals surface area contributed by atoms with Gasteiger partial charge in [0, 0.05) is 18.9 Å². The second kappa shape index (κ2) is 9.73. The molecule has 1 saturated carbocycles. The molecule has 0 radical (unpaired) electrons. The fourth-order valence-electron chi connectivity index (χ4n) is 3.93. The third-order valence-corrected chi connectivity index (χ3v) is 7.99. The Balaban J connectivity index is 1.14. The highest BCUT2D eigenvalue weighted by Crippen LogP contribution is 2.33. The van der Waals surface area contributed by atoms with Crippen molar-refractivity contribution in [1.29, 1.82) is 0 Å². The Morgan fingerprint density at radius 3 is 2.81 bits per heavy atom. The average molecular weight is 516 g/mol. The molecule has 182 valence electrons. The van der Waals surface area contributed by atoms with Crippen LogP contribution in [0, 0.1) is 5.92 Å². The summed E-state index contributed by atoms with van der Waals surface area (Å²) in [7, 11) is 0. The first-order valence-electron chi connectivity index (χ1n) is 11.8. The van der Waals surface area contributed by atoms with E-state index in [0.29, 0.717) is 16.3 Å². The molecule has 0 atom stereocenters. The third kappa shape index (κ3) is 4.97. The van der Waals surface area contributed by atoms with Gasteiger partial charge in [-0.3, -0.25) is 9.20 Å². The molecule has 0 bridgehead atoms. The van der Waals surface area contributed by atoms with E-state index < -0.39 is 0 Å². The number of hydrogen-bond acceptors (Lipinski definition) is 8. The molecule has 4 heterocycles. The van der Waals surface area contributed by atoms with Crippen LogP contribution in [-0.2, 0) is 6.54 Å². The van der Waals surface area contributed by atoms with Gasteiger partial charge in [-0.15, -0.1) is 11.3 Å². The van der Waals surface area contributed by atoms with Gasteiger partial charge in [0.15, 0.2) is 5.13 Å². The van der Waals surface area contributed by atoms with E-state index >= 15 is 0 Å². The lowest BCUT2D eigenvalue weighted by molar-refractivity contribution is 0.103. The molecule has 5 aromatic rings. The van der Waals surface area contributed by atoms with Crippen LogP contribution in [0.3, 0.4) is 0 Å². The number of benzene rings is 1. The van der Waals surface area contributed by atoms with Crippen molar-refractivity contribution < 1.29 is 4.79 Å². The normalized spacial score (nSPS) is 13.2. The van der Waals surface area contributed by atoms with Gasteiger partial charge in [-0.1, -0.05) is 29.5 Å². The maximum atomic E-state index is 12.6. The molecule has 1 aliphatic rings. The molecular formula is C26H25N7OS2. The molecule has 5 N–H and O–H groups in total. The SMILES string of the molecule is Nc1ccccc1NC(=O)c1ccc(Nc2ncc(-c3cnc4ccc(CNCC5CC5)cn34)s2)s1. The number of nitrogen functional groups attached to an aromatic ring is 1. The van der Waals surface area contributed by atoms with Gasteiger partial charge in [0.2, 0.25) is 0 Å². The Kier molecular flexibility index (Phi) is 6.14. The second-order valence-electron chi connectivity index (χ2n) is 8.84. The maximum Gasteiger partial charge on any atom is 0.265 e. The molecule has 1 aromatic carbocycles. The van der Waals surface area contributed by atoms with Crippen molar-refractivity contribution in [3.8, 4) is 10.6 Å². The first-order valence-corrected chi connectivity index (χ1v) is 13.4. The summed E-state index contributed by atoms with van der Waals surface area (Å²) >= 11 is 2.91. The van der Waals surface area contributed by atoms with E-state index in [1.54, 1.807) is 29.5 Å². The Bertz CT molecular complexity index is 1530. The number of carbonyl (C=O) groups excluding carboxylic acids is 1. The van der Waals surface area contributed by atoms with Gasteiger partial charge >= 0.3 is 0 Å². The predicted octanol–water partition coefficient (Wildman–Crippen LogP) is 5.60.